The molecule has 2 heteroatoms. The molecule has 0 fully saturated rings. The summed E-state index contributed by atoms with van der Waals surface area (Å²) in [4.78, 5) is 0. The Labute approximate surface area is 265 Å². The van der Waals surface area contributed by atoms with E-state index in [1.54, 1.807) is 0 Å². The van der Waals surface area contributed by atoms with Crippen LogP contribution in [0.5, 0.6) is 0 Å². The first kappa shape index (κ1) is 30.2. The summed E-state index contributed by atoms with van der Waals surface area (Å²) in [6.07, 6.45) is 0. The van der Waals surface area contributed by atoms with Crippen molar-refractivity contribution in [1.82, 2.24) is 0 Å². The number of aryl methyl sites for hydroxylation is 6. The third-order valence-electron chi connectivity index (χ3n) is 9.86. The number of benzene rings is 6. The van der Waals surface area contributed by atoms with E-state index in [-0.39, 0.29) is 0 Å². The first-order valence-electron chi connectivity index (χ1n) is 15.7. The van der Waals surface area contributed by atoms with Crippen LogP contribution in [0.15, 0.2) is 146 Å². The fraction of sp³-hybridized carbons (Fsp3) is 0.143. The molecule has 0 bridgehead atoms. The van der Waals surface area contributed by atoms with E-state index in [2.05, 4.69) is 187 Å². The average Bonchev–Trinajstić information content (AvgIpc) is 3.03. The Bertz CT molecular complexity index is 1590. The van der Waals surface area contributed by atoms with Gasteiger partial charge < -0.3 is 0 Å². The summed E-state index contributed by atoms with van der Waals surface area (Å²) in [5.41, 5.74) is 8.24. The van der Waals surface area contributed by atoms with Crippen LogP contribution in [0.3, 0.4) is 0 Å². The van der Waals surface area contributed by atoms with Crippen molar-refractivity contribution in [3.63, 3.8) is 0 Å². The van der Waals surface area contributed by atoms with Gasteiger partial charge in [0, 0.05) is 0 Å². The standard InChI is InChI=1S/C42H44P2/c1-31-19-7-13-25-37(31)43(38-26-14-8-20-32(38)2,39-27-15-9-21-33(39)3)44(40-28-16-10-22-34(40)4,41-29-17-11-23-35(41)5)42-30-18-12-24-36(42)6/h7-30,43-44H,1-6H3. The topological polar surface area (TPSA) is 0 Å². The van der Waals surface area contributed by atoms with Gasteiger partial charge in [-0.3, -0.25) is 0 Å². The zero-order valence-electron chi connectivity index (χ0n) is 26.9. The summed E-state index contributed by atoms with van der Waals surface area (Å²) in [5.74, 6) is 0. The molecule has 44 heavy (non-hydrogen) atoms. The van der Waals surface area contributed by atoms with Gasteiger partial charge in [-0.15, -0.1) is 0 Å². The predicted octanol–water partition coefficient (Wildman–Crippen LogP) is 8.20. The van der Waals surface area contributed by atoms with E-state index in [0.29, 0.717) is 0 Å². The normalized spacial score (nSPS) is 12.6. The Morgan fingerprint density at radius 3 is 0.500 bits per heavy atom. The van der Waals surface area contributed by atoms with Crippen LogP contribution >= 0.6 is 13.9 Å². The van der Waals surface area contributed by atoms with Crippen LogP contribution < -0.4 is 31.8 Å². The Hall–Kier alpha value is -3.82. The fourth-order valence-electron chi connectivity index (χ4n) is 8.04. The molecule has 0 saturated carbocycles. The molecule has 0 N–H and O–H groups in total. The van der Waals surface area contributed by atoms with Crippen LogP contribution in [0.25, 0.3) is 0 Å². The molecule has 0 aliphatic heterocycles. The van der Waals surface area contributed by atoms with Gasteiger partial charge in [0.1, 0.15) is 0 Å². The van der Waals surface area contributed by atoms with Crippen molar-refractivity contribution >= 4 is 45.7 Å². The van der Waals surface area contributed by atoms with Gasteiger partial charge >= 0.3 is 266 Å². The fourth-order valence-corrected chi connectivity index (χ4v) is 30.7. The van der Waals surface area contributed by atoms with Gasteiger partial charge in [-0.05, 0) is 0 Å². The summed E-state index contributed by atoms with van der Waals surface area (Å²) in [6.45, 7) is 8.06. The zero-order chi connectivity index (χ0) is 30.9. The summed E-state index contributed by atoms with van der Waals surface area (Å²) < 4.78 is 0. The molecule has 0 nitrogen and oxygen atoms in total. The Morgan fingerprint density at radius 1 is 0.227 bits per heavy atom. The predicted molar refractivity (Wildman–Crippen MR) is 202 cm³/mol. The quantitative estimate of drug-likeness (QED) is 0.160. The molecule has 6 aromatic rings. The van der Waals surface area contributed by atoms with Gasteiger partial charge in [0.2, 0.25) is 0 Å². The average molecular weight is 611 g/mol. The Balaban J connectivity index is 2.07. The van der Waals surface area contributed by atoms with Crippen LogP contribution in [-0.4, -0.2) is 0 Å². The van der Waals surface area contributed by atoms with Gasteiger partial charge in [0.05, 0.1) is 0 Å². The summed E-state index contributed by atoms with van der Waals surface area (Å²) in [6, 6.07) is 56.0. The second-order valence-corrected chi connectivity index (χ2v) is 23.1. The molecule has 0 atom stereocenters. The first-order valence-corrected chi connectivity index (χ1v) is 20.7. The summed E-state index contributed by atoms with van der Waals surface area (Å²) in [7, 11) is 0. The zero-order valence-corrected chi connectivity index (χ0v) is 28.9. The number of hydrogen-bond donors (Lipinski definition) is 0. The molecular formula is C42H44P2. The van der Waals surface area contributed by atoms with Crippen LogP contribution in [-0.2, 0) is 0 Å². The van der Waals surface area contributed by atoms with E-state index in [4.69, 9.17) is 0 Å². The molecule has 0 radical (unpaired) electrons. The number of rotatable bonds is 7. The van der Waals surface area contributed by atoms with Crippen molar-refractivity contribution < 1.29 is 0 Å². The molecule has 0 aliphatic rings. The minimum absolute atomic E-state index is 1.37. The van der Waals surface area contributed by atoms with Gasteiger partial charge in [0.15, 0.2) is 0 Å². The van der Waals surface area contributed by atoms with Gasteiger partial charge in [-0.1, -0.05) is 0 Å². The number of hydrogen-bond acceptors (Lipinski definition) is 0. The van der Waals surface area contributed by atoms with Gasteiger partial charge in [-0.2, -0.15) is 0 Å². The minimum atomic E-state index is -3.01. The van der Waals surface area contributed by atoms with E-state index in [9.17, 15) is 0 Å². The molecule has 0 heterocycles. The molecule has 0 aromatic heterocycles. The van der Waals surface area contributed by atoms with Crippen LogP contribution in [0.2, 0.25) is 0 Å². The van der Waals surface area contributed by atoms with Crippen molar-refractivity contribution in [2.45, 2.75) is 41.5 Å². The van der Waals surface area contributed by atoms with Crippen molar-refractivity contribution in [2.75, 3.05) is 0 Å². The second-order valence-electron chi connectivity index (χ2n) is 12.4. The molecule has 0 aliphatic carbocycles. The molecule has 0 saturated heterocycles. The molecule has 6 rings (SSSR count). The third-order valence-corrected chi connectivity index (χ3v) is 27.4. The van der Waals surface area contributed by atoms with Gasteiger partial charge in [-0.25, -0.2) is 0 Å². The summed E-state index contributed by atoms with van der Waals surface area (Å²) >= 11 is 0. The van der Waals surface area contributed by atoms with E-state index in [1.165, 1.54) is 65.2 Å². The Kier molecular flexibility index (Phi) is 8.44. The Morgan fingerprint density at radius 2 is 0.364 bits per heavy atom. The van der Waals surface area contributed by atoms with Crippen LogP contribution in [0, 0.1) is 41.5 Å². The van der Waals surface area contributed by atoms with Crippen molar-refractivity contribution in [3.8, 4) is 0 Å². The van der Waals surface area contributed by atoms with E-state index < -0.39 is 13.9 Å². The van der Waals surface area contributed by atoms with E-state index >= 15 is 0 Å². The third kappa shape index (κ3) is 4.59. The molecule has 0 amide bonds. The second kappa shape index (κ2) is 12.3. The molecule has 6 aromatic carbocycles. The maximum absolute atomic E-state index is 3.01. The van der Waals surface area contributed by atoms with Crippen molar-refractivity contribution in [3.05, 3.63) is 179 Å². The maximum atomic E-state index is 2.48. The first-order chi connectivity index (χ1) is 21.3. The molecular weight excluding hydrogens is 566 g/mol. The van der Waals surface area contributed by atoms with Crippen LogP contribution in [0.1, 0.15) is 33.4 Å². The summed E-state index contributed by atoms with van der Waals surface area (Å²) in [5, 5.41) is 9.11. The van der Waals surface area contributed by atoms with E-state index in [1.807, 2.05) is 0 Å². The molecule has 222 valence electrons. The van der Waals surface area contributed by atoms with Crippen molar-refractivity contribution in [2.24, 2.45) is 0 Å². The van der Waals surface area contributed by atoms with Crippen LogP contribution in [0.4, 0.5) is 0 Å². The SMILES string of the molecule is Cc1ccccc1[PH](c1ccccc1C)(c1ccccc1C)[PH](c1ccccc1C)(c1ccccc1C)c1ccccc1C. The monoisotopic (exact) mass is 610 g/mol. The van der Waals surface area contributed by atoms with Gasteiger partial charge in [0.25, 0.3) is 0 Å². The molecule has 0 spiro atoms. The molecule has 0 unspecified atom stereocenters. The van der Waals surface area contributed by atoms with E-state index in [0.717, 1.165) is 0 Å². The van der Waals surface area contributed by atoms with Crippen molar-refractivity contribution in [1.29, 1.82) is 0 Å².